The molecule has 6 nitrogen and oxygen atoms in total. The van der Waals surface area contributed by atoms with Crippen LogP contribution in [0.25, 0.3) is 10.8 Å². The minimum Gasteiger partial charge on any atom is -0.358 e. The Labute approximate surface area is 167 Å². The number of nitrogens with one attached hydrogen (secondary N) is 3. The van der Waals surface area contributed by atoms with Gasteiger partial charge in [0.1, 0.15) is 0 Å². The Balaban J connectivity index is 1.45. The van der Waals surface area contributed by atoms with E-state index in [0.717, 1.165) is 44.9 Å². The Morgan fingerprint density at radius 2 is 1.89 bits per heavy atom. The topological polar surface area (TPSA) is 68.8 Å². The number of carbonyl (C=O) groups is 1. The van der Waals surface area contributed by atoms with Crippen molar-refractivity contribution in [2.24, 2.45) is 4.99 Å². The number of likely N-dealkylation sites (N-methyl/N-ethyl adjacent to an activating group) is 1. The highest BCUT2D eigenvalue weighted by Gasteiger charge is 2.21. The fourth-order valence-corrected chi connectivity index (χ4v) is 3.73. The van der Waals surface area contributed by atoms with E-state index in [4.69, 9.17) is 0 Å². The summed E-state index contributed by atoms with van der Waals surface area (Å²) in [5.74, 6) is 0.933. The molecule has 1 fully saturated rings. The molecule has 0 radical (unpaired) electrons. The summed E-state index contributed by atoms with van der Waals surface area (Å²) in [6, 6.07) is 15.4. The van der Waals surface area contributed by atoms with Crippen molar-refractivity contribution in [3.63, 3.8) is 0 Å². The highest BCUT2D eigenvalue weighted by molar-refractivity contribution is 5.85. The maximum atomic E-state index is 11.5. The van der Waals surface area contributed by atoms with Crippen molar-refractivity contribution in [2.75, 3.05) is 40.3 Å². The smallest absolute Gasteiger partial charge is 0.233 e. The molecule has 0 aromatic heterocycles. The summed E-state index contributed by atoms with van der Waals surface area (Å²) < 4.78 is 0. The first-order valence-electron chi connectivity index (χ1n) is 10.1. The Kier molecular flexibility index (Phi) is 7.25. The van der Waals surface area contributed by atoms with Crippen LogP contribution in [0.4, 0.5) is 0 Å². The van der Waals surface area contributed by atoms with Gasteiger partial charge in [-0.3, -0.25) is 14.7 Å². The Hall–Kier alpha value is -2.60. The number of aliphatic imine (C=N–C) groups is 1. The van der Waals surface area contributed by atoms with Crippen molar-refractivity contribution >= 4 is 22.6 Å². The molecule has 6 heteroatoms. The zero-order valence-corrected chi connectivity index (χ0v) is 16.9. The molecule has 0 bridgehead atoms. The monoisotopic (exact) mass is 381 g/mol. The van der Waals surface area contributed by atoms with Crippen LogP contribution in [0, 0.1) is 0 Å². The molecule has 0 unspecified atom stereocenters. The van der Waals surface area contributed by atoms with Crippen LogP contribution in [0.1, 0.15) is 18.4 Å². The molecular weight excluding hydrogens is 350 g/mol. The molecule has 1 aliphatic heterocycles. The number of likely N-dealkylation sites (tertiary alicyclic amines) is 1. The molecule has 2 aromatic carbocycles. The first-order valence-corrected chi connectivity index (χ1v) is 10.1. The molecule has 1 saturated heterocycles. The number of carbonyl (C=O) groups excluding carboxylic acids is 1. The third-order valence-corrected chi connectivity index (χ3v) is 5.36. The molecule has 1 heterocycles. The van der Waals surface area contributed by atoms with Gasteiger partial charge in [-0.15, -0.1) is 0 Å². The van der Waals surface area contributed by atoms with Crippen LogP contribution in [0.3, 0.4) is 0 Å². The van der Waals surface area contributed by atoms with Crippen molar-refractivity contribution in [2.45, 2.75) is 25.3 Å². The minimum absolute atomic E-state index is 0.0809. The van der Waals surface area contributed by atoms with Crippen molar-refractivity contribution in [3.05, 3.63) is 48.0 Å². The van der Waals surface area contributed by atoms with Gasteiger partial charge in [0.25, 0.3) is 0 Å². The molecule has 3 N–H and O–H groups in total. The number of rotatable bonds is 6. The third-order valence-electron chi connectivity index (χ3n) is 5.36. The van der Waals surface area contributed by atoms with Crippen LogP contribution in [0.5, 0.6) is 0 Å². The highest BCUT2D eigenvalue weighted by Crippen LogP contribution is 2.18. The predicted octanol–water partition coefficient (Wildman–Crippen LogP) is 1.76. The largest absolute Gasteiger partial charge is 0.358 e. The van der Waals surface area contributed by atoms with Gasteiger partial charge < -0.3 is 16.0 Å². The number of benzene rings is 2. The fraction of sp³-hybridized carbons (Fsp3) is 0.455. The lowest BCUT2D eigenvalue weighted by atomic mass is 10.0. The van der Waals surface area contributed by atoms with Gasteiger partial charge in [0.15, 0.2) is 5.96 Å². The lowest BCUT2D eigenvalue weighted by Crippen LogP contribution is -2.50. The summed E-state index contributed by atoms with van der Waals surface area (Å²) >= 11 is 0. The van der Waals surface area contributed by atoms with Crippen LogP contribution in [-0.4, -0.2) is 63.1 Å². The van der Waals surface area contributed by atoms with Crippen molar-refractivity contribution < 1.29 is 4.79 Å². The van der Waals surface area contributed by atoms with Crippen LogP contribution in [0.15, 0.2) is 47.5 Å². The van der Waals surface area contributed by atoms with E-state index >= 15 is 0 Å². The van der Waals surface area contributed by atoms with Gasteiger partial charge in [-0.25, -0.2) is 0 Å². The van der Waals surface area contributed by atoms with Crippen molar-refractivity contribution in [1.29, 1.82) is 0 Å². The standard InChI is InChI=1S/C22H31N5O/c1-23-21(28)16-27-14-11-19(12-15-27)26-22(24-2)25-13-10-18-8-5-7-17-6-3-4-9-20(17)18/h3-9,19H,10-16H2,1-2H3,(H,23,28)(H2,24,25,26). The number of hydrogen-bond acceptors (Lipinski definition) is 3. The number of nitrogens with zero attached hydrogens (tertiary/aromatic N) is 2. The molecule has 1 aliphatic rings. The van der Waals surface area contributed by atoms with Gasteiger partial charge in [0.2, 0.25) is 5.91 Å². The highest BCUT2D eigenvalue weighted by atomic mass is 16.1. The maximum Gasteiger partial charge on any atom is 0.233 e. The molecule has 0 spiro atoms. The number of hydrogen-bond donors (Lipinski definition) is 3. The van der Waals surface area contributed by atoms with Crippen molar-refractivity contribution in [3.8, 4) is 0 Å². The van der Waals surface area contributed by atoms with Gasteiger partial charge >= 0.3 is 0 Å². The fourth-order valence-electron chi connectivity index (χ4n) is 3.73. The van der Waals surface area contributed by atoms with Crippen LogP contribution in [-0.2, 0) is 11.2 Å². The van der Waals surface area contributed by atoms with Crippen LogP contribution >= 0.6 is 0 Å². The molecule has 2 aromatic rings. The van der Waals surface area contributed by atoms with E-state index in [0.29, 0.717) is 12.6 Å². The molecule has 0 aliphatic carbocycles. The van der Waals surface area contributed by atoms with E-state index in [1.165, 1.54) is 16.3 Å². The van der Waals surface area contributed by atoms with Crippen molar-refractivity contribution in [1.82, 2.24) is 20.9 Å². The maximum absolute atomic E-state index is 11.5. The Morgan fingerprint density at radius 1 is 1.14 bits per heavy atom. The normalized spacial score (nSPS) is 16.1. The lowest BCUT2D eigenvalue weighted by Gasteiger charge is -2.32. The van der Waals surface area contributed by atoms with Crippen LogP contribution in [0.2, 0.25) is 0 Å². The Morgan fingerprint density at radius 3 is 2.64 bits per heavy atom. The quantitative estimate of drug-likeness (QED) is 0.527. The van der Waals surface area contributed by atoms with E-state index in [1.807, 2.05) is 7.05 Å². The molecule has 28 heavy (non-hydrogen) atoms. The zero-order chi connectivity index (χ0) is 19.8. The van der Waals surface area contributed by atoms with E-state index < -0.39 is 0 Å². The lowest BCUT2D eigenvalue weighted by molar-refractivity contribution is -0.122. The van der Waals surface area contributed by atoms with Crippen LogP contribution < -0.4 is 16.0 Å². The summed E-state index contributed by atoms with van der Waals surface area (Å²) in [4.78, 5) is 18.1. The molecular formula is C22H31N5O. The van der Waals surface area contributed by atoms with E-state index in [9.17, 15) is 4.79 Å². The molecule has 1 amide bonds. The second-order valence-corrected chi connectivity index (χ2v) is 7.26. The minimum atomic E-state index is 0.0809. The first kappa shape index (κ1) is 20.1. The van der Waals surface area contributed by atoms with E-state index in [2.05, 4.69) is 68.3 Å². The summed E-state index contributed by atoms with van der Waals surface area (Å²) in [5.41, 5.74) is 1.35. The second-order valence-electron chi connectivity index (χ2n) is 7.26. The van der Waals surface area contributed by atoms with Gasteiger partial charge in [0, 0.05) is 39.8 Å². The third kappa shape index (κ3) is 5.45. The van der Waals surface area contributed by atoms with Gasteiger partial charge in [-0.05, 0) is 35.6 Å². The van der Waals surface area contributed by atoms with Gasteiger partial charge in [-0.2, -0.15) is 0 Å². The SMILES string of the molecule is CN=C(NCCc1cccc2ccccc12)NC1CCN(CC(=O)NC)CC1. The predicted molar refractivity (Wildman–Crippen MR) is 116 cm³/mol. The molecule has 3 rings (SSSR count). The summed E-state index contributed by atoms with van der Waals surface area (Å²) in [5, 5.41) is 12.3. The first-order chi connectivity index (χ1) is 13.7. The zero-order valence-electron chi connectivity index (χ0n) is 16.9. The molecule has 0 atom stereocenters. The Bertz CT molecular complexity index is 806. The number of fused-ring (bicyclic) bond motifs is 1. The average Bonchev–Trinajstić information content (AvgIpc) is 2.74. The molecule has 0 saturated carbocycles. The van der Waals surface area contributed by atoms with Gasteiger partial charge in [-0.1, -0.05) is 42.5 Å². The van der Waals surface area contributed by atoms with Gasteiger partial charge in [0.05, 0.1) is 6.54 Å². The molecule has 150 valence electrons. The van der Waals surface area contributed by atoms with E-state index in [1.54, 1.807) is 7.05 Å². The van der Waals surface area contributed by atoms with E-state index in [-0.39, 0.29) is 5.91 Å². The number of amides is 1. The summed E-state index contributed by atoms with van der Waals surface area (Å²) in [6.45, 7) is 3.18. The second kappa shape index (κ2) is 10.1. The summed E-state index contributed by atoms with van der Waals surface area (Å²) in [7, 11) is 3.50. The average molecular weight is 382 g/mol. The number of piperidine rings is 1. The summed E-state index contributed by atoms with van der Waals surface area (Å²) in [6.07, 6.45) is 2.98. The number of guanidine groups is 1.